The third-order valence-electron chi connectivity index (χ3n) is 2.00. The average Bonchev–Trinajstić information content (AvgIpc) is 2.20. The molecule has 0 aliphatic carbocycles. The van der Waals surface area contributed by atoms with Gasteiger partial charge in [-0.1, -0.05) is 34.1 Å². The molecule has 0 bridgehead atoms. The second-order valence-electron chi connectivity index (χ2n) is 2.83. The van der Waals surface area contributed by atoms with Crippen LogP contribution in [0.3, 0.4) is 0 Å². The number of ether oxygens (including phenoxy) is 1. The number of methoxy groups -OCH3 is 1. The molecule has 2 N–H and O–H groups in total. The molecule has 0 fully saturated rings. The summed E-state index contributed by atoms with van der Waals surface area (Å²) in [5, 5.41) is 0.633. The Morgan fingerprint density at radius 3 is 2.71 bits per heavy atom. The van der Waals surface area contributed by atoms with Crippen molar-refractivity contribution < 1.29 is 9.53 Å². The molecule has 76 valence electrons. The molecular formula is C10H12BrNO2. The Bertz CT molecular complexity index is 324. The van der Waals surface area contributed by atoms with Crippen molar-refractivity contribution in [2.24, 2.45) is 5.73 Å². The topological polar surface area (TPSA) is 52.3 Å². The molecule has 0 saturated heterocycles. The van der Waals surface area contributed by atoms with E-state index in [0.717, 1.165) is 5.56 Å². The van der Waals surface area contributed by atoms with Crippen LogP contribution < -0.4 is 5.73 Å². The molecule has 0 radical (unpaired) electrons. The molecule has 0 aromatic heterocycles. The zero-order valence-electron chi connectivity index (χ0n) is 7.87. The van der Waals surface area contributed by atoms with Crippen LogP contribution >= 0.6 is 15.9 Å². The lowest BCUT2D eigenvalue weighted by Crippen LogP contribution is -2.16. The lowest BCUT2D eigenvalue weighted by Gasteiger charge is -2.15. The van der Waals surface area contributed by atoms with E-state index < -0.39 is 5.91 Å². The Labute approximate surface area is 91.4 Å². The van der Waals surface area contributed by atoms with Gasteiger partial charge in [-0.15, -0.1) is 0 Å². The van der Waals surface area contributed by atoms with Gasteiger partial charge in [-0.05, 0) is 11.6 Å². The molecule has 0 spiro atoms. The van der Waals surface area contributed by atoms with Crippen molar-refractivity contribution in [2.75, 3.05) is 12.4 Å². The van der Waals surface area contributed by atoms with Gasteiger partial charge in [0, 0.05) is 18.0 Å². The summed E-state index contributed by atoms with van der Waals surface area (Å²) in [5.74, 6) is -0.427. The molecule has 0 heterocycles. The first-order valence-corrected chi connectivity index (χ1v) is 5.30. The highest BCUT2D eigenvalue weighted by atomic mass is 79.9. The van der Waals surface area contributed by atoms with Crippen LogP contribution in [0, 0.1) is 0 Å². The molecule has 0 aliphatic heterocycles. The number of carbonyl (C=O) groups is 1. The molecule has 3 nitrogen and oxygen atoms in total. The molecule has 1 rings (SSSR count). The predicted octanol–water partition coefficient (Wildman–Crippen LogP) is 1.87. The SMILES string of the molecule is COC(CBr)c1ccccc1C(N)=O. The van der Waals surface area contributed by atoms with Gasteiger partial charge < -0.3 is 10.5 Å². The van der Waals surface area contributed by atoms with E-state index >= 15 is 0 Å². The molecular weight excluding hydrogens is 246 g/mol. The van der Waals surface area contributed by atoms with Crippen molar-refractivity contribution in [3.05, 3.63) is 35.4 Å². The summed E-state index contributed by atoms with van der Waals surface area (Å²) < 4.78 is 5.22. The standard InChI is InChI=1S/C10H12BrNO2/c1-14-9(6-11)7-4-2-3-5-8(7)10(12)13/h2-5,9H,6H2,1H3,(H2,12,13). The number of halogens is 1. The fraction of sp³-hybridized carbons (Fsp3) is 0.300. The highest BCUT2D eigenvalue weighted by molar-refractivity contribution is 9.09. The molecule has 4 heteroatoms. The number of primary amides is 1. The maximum atomic E-state index is 11.1. The number of alkyl halides is 1. The van der Waals surface area contributed by atoms with E-state index in [0.29, 0.717) is 10.9 Å². The summed E-state index contributed by atoms with van der Waals surface area (Å²) >= 11 is 3.32. The molecule has 0 aliphatic rings. The molecule has 1 aromatic rings. The lowest BCUT2D eigenvalue weighted by molar-refractivity contribution is 0.0981. The first kappa shape index (κ1) is 11.2. The van der Waals surface area contributed by atoms with Gasteiger partial charge in [0.1, 0.15) is 0 Å². The quantitative estimate of drug-likeness (QED) is 0.838. The number of carbonyl (C=O) groups excluding carboxylic acids is 1. The zero-order chi connectivity index (χ0) is 10.6. The van der Waals surface area contributed by atoms with Gasteiger partial charge in [-0.25, -0.2) is 0 Å². The van der Waals surface area contributed by atoms with E-state index in [4.69, 9.17) is 10.5 Å². The van der Waals surface area contributed by atoms with E-state index in [1.165, 1.54) is 0 Å². The van der Waals surface area contributed by atoms with E-state index in [1.54, 1.807) is 19.2 Å². The van der Waals surface area contributed by atoms with Crippen LogP contribution in [0.2, 0.25) is 0 Å². The van der Waals surface area contributed by atoms with Gasteiger partial charge in [-0.3, -0.25) is 4.79 Å². The van der Waals surface area contributed by atoms with Crippen molar-refractivity contribution in [3.63, 3.8) is 0 Å². The first-order chi connectivity index (χ1) is 6.70. The maximum absolute atomic E-state index is 11.1. The largest absolute Gasteiger partial charge is 0.376 e. The number of hydrogen-bond acceptors (Lipinski definition) is 2. The van der Waals surface area contributed by atoms with Crippen LogP contribution in [0.15, 0.2) is 24.3 Å². The number of hydrogen-bond donors (Lipinski definition) is 1. The van der Waals surface area contributed by atoms with Crippen LogP contribution in [0.5, 0.6) is 0 Å². The molecule has 0 saturated carbocycles. The number of amides is 1. The predicted molar refractivity (Wildman–Crippen MR) is 58.5 cm³/mol. The fourth-order valence-corrected chi connectivity index (χ4v) is 1.89. The smallest absolute Gasteiger partial charge is 0.249 e. The number of benzene rings is 1. The van der Waals surface area contributed by atoms with Crippen LogP contribution in [0.1, 0.15) is 22.0 Å². The van der Waals surface area contributed by atoms with Gasteiger partial charge >= 0.3 is 0 Å². The molecule has 1 atom stereocenters. The maximum Gasteiger partial charge on any atom is 0.249 e. The Kier molecular flexibility index (Phi) is 4.10. The lowest BCUT2D eigenvalue weighted by atomic mass is 10.0. The Balaban J connectivity index is 3.11. The zero-order valence-corrected chi connectivity index (χ0v) is 9.45. The van der Waals surface area contributed by atoms with Gasteiger partial charge in [0.15, 0.2) is 0 Å². The summed E-state index contributed by atoms with van der Waals surface area (Å²) in [6.07, 6.45) is -0.140. The van der Waals surface area contributed by atoms with Crippen molar-refractivity contribution in [1.29, 1.82) is 0 Å². The molecule has 14 heavy (non-hydrogen) atoms. The minimum absolute atomic E-state index is 0.140. The second kappa shape index (κ2) is 5.12. The normalized spacial score (nSPS) is 12.4. The minimum atomic E-state index is -0.427. The third-order valence-corrected chi connectivity index (χ3v) is 2.59. The van der Waals surface area contributed by atoms with Crippen LogP contribution in [-0.4, -0.2) is 18.3 Å². The van der Waals surface area contributed by atoms with Crippen molar-refractivity contribution in [2.45, 2.75) is 6.10 Å². The fourth-order valence-electron chi connectivity index (χ4n) is 1.28. The number of rotatable bonds is 4. The number of nitrogens with two attached hydrogens (primary N) is 1. The van der Waals surface area contributed by atoms with E-state index in [-0.39, 0.29) is 6.10 Å². The summed E-state index contributed by atoms with van der Waals surface area (Å²) in [5.41, 5.74) is 6.58. The highest BCUT2D eigenvalue weighted by Crippen LogP contribution is 2.22. The second-order valence-corrected chi connectivity index (χ2v) is 3.48. The van der Waals surface area contributed by atoms with Gasteiger partial charge in [0.2, 0.25) is 5.91 Å². The van der Waals surface area contributed by atoms with Gasteiger partial charge in [0.25, 0.3) is 0 Å². The van der Waals surface area contributed by atoms with Gasteiger partial charge in [0.05, 0.1) is 6.10 Å². The Morgan fingerprint density at radius 2 is 2.21 bits per heavy atom. The minimum Gasteiger partial charge on any atom is -0.376 e. The Hall–Kier alpha value is -0.870. The summed E-state index contributed by atoms with van der Waals surface area (Å²) in [6.45, 7) is 0. The first-order valence-electron chi connectivity index (χ1n) is 4.18. The summed E-state index contributed by atoms with van der Waals surface area (Å²) in [7, 11) is 1.60. The van der Waals surface area contributed by atoms with Crippen LogP contribution in [-0.2, 0) is 4.74 Å². The van der Waals surface area contributed by atoms with E-state index in [1.807, 2.05) is 12.1 Å². The van der Waals surface area contributed by atoms with E-state index in [9.17, 15) is 4.79 Å². The van der Waals surface area contributed by atoms with Crippen molar-refractivity contribution in [3.8, 4) is 0 Å². The molecule has 1 amide bonds. The van der Waals surface area contributed by atoms with Gasteiger partial charge in [-0.2, -0.15) is 0 Å². The van der Waals surface area contributed by atoms with Crippen LogP contribution in [0.25, 0.3) is 0 Å². The van der Waals surface area contributed by atoms with Crippen molar-refractivity contribution in [1.82, 2.24) is 0 Å². The average molecular weight is 258 g/mol. The van der Waals surface area contributed by atoms with Crippen LogP contribution in [0.4, 0.5) is 0 Å². The summed E-state index contributed by atoms with van der Waals surface area (Å²) in [6, 6.07) is 7.18. The summed E-state index contributed by atoms with van der Waals surface area (Å²) in [4.78, 5) is 11.1. The Morgan fingerprint density at radius 1 is 1.57 bits per heavy atom. The monoisotopic (exact) mass is 257 g/mol. The third kappa shape index (κ3) is 2.33. The molecule has 1 aromatic carbocycles. The molecule has 1 unspecified atom stereocenters. The highest BCUT2D eigenvalue weighted by Gasteiger charge is 2.15. The van der Waals surface area contributed by atoms with Crippen molar-refractivity contribution >= 4 is 21.8 Å². The van der Waals surface area contributed by atoms with E-state index in [2.05, 4.69) is 15.9 Å².